The predicted molar refractivity (Wildman–Crippen MR) is 159 cm³/mol. The smallest absolute Gasteiger partial charge is 0.280 e. The van der Waals surface area contributed by atoms with E-state index in [9.17, 15) is 20.1 Å². The standard InChI is InChI=1S/C31H24N4O5.ClH/c1-40-27-14-24-20(12-26(27)38)11-21(16-36)25(17-37)29(24)18-8-10-33-28(13-18)35-31(39)23-7-3-2-6-22(23)30(34-35)19-5-4-9-32-15-19;/h2-15,36-38H,16-17H2,1H3;1H. The largest absolute Gasteiger partial charge is 0.504 e. The summed E-state index contributed by atoms with van der Waals surface area (Å²) in [6.07, 6.45) is 4.93. The van der Waals surface area contributed by atoms with Crippen molar-refractivity contribution in [2.75, 3.05) is 7.11 Å². The molecule has 3 N–H and O–H groups in total. The maximum Gasteiger partial charge on any atom is 0.280 e. The zero-order valence-electron chi connectivity index (χ0n) is 21.9. The highest BCUT2D eigenvalue weighted by Crippen LogP contribution is 2.40. The number of fused-ring (bicyclic) bond motifs is 2. The van der Waals surface area contributed by atoms with Gasteiger partial charge >= 0.3 is 0 Å². The second-order valence-corrected chi connectivity index (χ2v) is 9.21. The summed E-state index contributed by atoms with van der Waals surface area (Å²) in [4.78, 5) is 22.3. The van der Waals surface area contributed by atoms with Crippen molar-refractivity contribution in [3.8, 4) is 39.7 Å². The van der Waals surface area contributed by atoms with Crippen LogP contribution in [0.1, 0.15) is 11.1 Å². The fourth-order valence-electron chi connectivity index (χ4n) is 5.08. The van der Waals surface area contributed by atoms with Gasteiger partial charge in [0.15, 0.2) is 17.3 Å². The topological polar surface area (TPSA) is 131 Å². The molecule has 0 aliphatic rings. The summed E-state index contributed by atoms with van der Waals surface area (Å²) in [5.41, 5.74) is 3.26. The number of hydrogen-bond acceptors (Lipinski definition) is 8. The maximum atomic E-state index is 13.6. The molecule has 0 unspecified atom stereocenters. The first kappa shape index (κ1) is 27.7. The Hall–Kier alpha value is -4.83. The number of phenols is 1. The highest BCUT2D eigenvalue weighted by atomic mass is 35.5. The van der Waals surface area contributed by atoms with E-state index >= 15 is 0 Å². The molecule has 41 heavy (non-hydrogen) atoms. The monoisotopic (exact) mass is 568 g/mol. The minimum absolute atomic E-state index is 0. The molecule has 0 spiro atoms. The van der Waals surface area contributed by atoms with Gasteiger partial charge in [0, 0.05) is 29.5 Å². The Morgan fingerprint density at radius 1 is 0.878 bits per heavy atom. The Labute approximate surface area is 240 Å². The molecule has 0 aliphatic heterocycles. The van der Waals surface area contributed by atoms with Gasteiger partial charge < -0.3 is 20.1 Å². The third kappa shape index (κ3) is 4.76. The average molecular weight is 569 g/mol. The van der Waals surface area contributed by atoms with Crippen LogP contribution < -0.4 is 10.3 Å². The second kappa shape index (κ2) is 11.3. The van der Waals surface area contributed by atoms with Gasteiger partial charge in [-0.1, -0.05) is 18.2 Å². The third-order valence-corrected chi connectivity index (χ3v) is 6.96. The number of aliphatic hydroxyl groups excluding tert-OH is 2. The van der Waals surface area contributed by atoms with Crippen molar-refractivity contribution in [3.05, 3.63) is 107 Å². The molecule has 9 nitrogen and oxygen atoms in total. The summed E-state index contributed by atoms with van der Waals surface area (Å²) in [6, 6.07) is 19.4. The zero-order chi connectivity index (χ0) is 27.8. The number of methoxy groups -OCH3 is 1. The van der Waals surface area contributed by atoms with Gasteiger partial charge in [-0.15, -0.1) is 12.4 Å². The molecular weight excluding hydrogens is 544 g/mol. The van der Waals surface area contributed by atoms with Crippen LogP contribution in [-0.4, -0.2) is 42.2 Å². The van der Waals surface area contributed by atoms with E-state index in [1.54, 1.807) is 61.1 Å². The van der Waals surface area contributed by atoms with Gasteiger partial charge in [-0.3, -0.25) is 9.78 Å². The number of pyridine rings is 2. The van der Waals surface area contributed by atoms with Crippen molar-refractivity contribution in [3.63, 3.8) is 0 Å². The lowest BCUT2D eigenvalue weighted by Gasteiger charge is -2.18. The molecule has 6 aromatic rings. The van der Waals surface area contributed by atoms with Gasteiger partial charge in [-0.25, -0.2) is 4.98 Å². The number of halogens is 1. The molecule has 0 bridgehead atoms. The van der Waals surface area contributed by atoms with Crippen molar-refractivity contribution in [2.45, 2.75) is 13.2 Å². The van der Waals surface area contributed by atoms with Gasteiger partial charge in [-0.05, 0) is 81.6 Å². The van der Waals surface area contributed by atoms with Gasteiger partial charge in [-0.2, -0.15) is 9.78 Å². The van der Waals surface area contributed by atoms with Crippen molar-refractivity contribution in [2.24, 2.45) is 0 Å². The number of ether oxygens (including phenoxy) is 1. The molecule has 206 valence electrons. The first-order chi connectivity index (χ1) is 19.5. The highest BCUT2D eigenvalue weighted by Gasteiger charge is 2.19. The molecule has 0 saturated heterocycles. The summed E-state index contributed by atoms with van der Waals surface area (Å²) in [6.45, 7) is -0.662. The van der Waals surface area contributed by atoms with E-state index in [4.69, 9.17) is 9.84 Å². The van der Waals surface area contributed by atoms with E-state index < -0.39 is 0 Å². The minimum atomic E-state index is -0.346. The van der Waals surface area contributed by atoms with E-state index in [2.05, 4.69) is 9.97 Å². The first-order valence-corrected chi connectivity index (χ1v) is 12.5. The molecule has 0 atom stereocenters. The summed E-state index contributed by atoms with van der Waals surface area (Å²) in [7, 11) is 1.46. The lowest BCUT2D eigenvalue weighted by Crippen LogP contribution is -2.23. The summed E-state index contributed by atoms with van der Waals surface area (Å²) >= 11 is 0. The van der Waals surface area contributed by atoms with Crippen LogP contribution in [0.3, 0.4) is 0 Å². The lowest BCUT2D eigenvalue weighted by atomic mass is 9.90. The number of aromatic nitrogens is 4. The molecule has 3 heterocycles. The molecule has 0 aliphatic carbocycles. The van der Waals surface area contributed by atoms with Crippen LogP contribution >= 0.6 is 12.4 Å². The summed E-state index contributed by atoms with van der Waals surface area (Å²) < 4.78 is 6.61. The van der Waals surface area contributed by atoms with Crippen molar-refractivity contribution in [1.82, 2.24) is 19.7 Å². The fourth-order valence-corrected chi connectivity index (χ4v) is 5.08. The second-order valence-electron chi connectivity index (χ2n) is 9.21. The molecule has 6 rings (SSSR count). The van der Waals surface area contributed by atoms with E-state index in [0.717, 1.165) is 5.56 Å². The number of rotatable bonds is 6. The van der Waals surface area contributed by atoms with E-state index in [1.165, 1.54) is 11.8 Å². The number of hydrogen-bond donors (Lipinski definition) is 3. The average Bonchev–Trinajstić information content (AvgIpc) is 3.00. The molecular formula is C31H25ClN4O5. The fraction of sp³-hybridized carbons (Fsp3) is 0.0968. The molecule has 3 aromatic carbocycles. The van der Waals surface area contributed by atoms with Crippen LogP contribution in [0.5, 0.6) is 11.5 Å². The van der Waals surface area contributed by atoms with Gasteiger partial charge in [0.05, 0.1) is 25.7 Å². The third-order valence-electron chi connectivity index (χ3n) is 6.96. The minimum Gasteiger partial charge on any atom is -0.504 e. The SMILES string of the molecule is COc1cc2c(-c3ccnc(-n4nc(-c5cccnc5)c5ccccc5c4=O)c3)c(CO)c(CO)cc2cc1O.Cl. The van der Waals surface area contributed by atoms with E-state index in [0.29, 0.717) is 49.5 Å². The van der Waals surface area contributed by atoms with Crippen LogP contribution in [0.2, 0.25) is 0 Å². The van der Waals surface area contributed by atoms with E-state index in [-0.39, 0.29) is 48.5 Å². The van der Waals surface area contributed by atoms with Gasteiger partial charge in [0.1, 0.15) is 5.69 Å². The number of aromatic hydroxyl groups is 1. The van der Waals surface area contributed by atoms with Crippen LogP contribution in [0, 0.1) is 0 Å². The Morgan fingerprint density at radius 2 is 1.68 bits per heavy atom. The Balaban J connectivity index is 0.00000337. The number of aliphatic hydroxyl groups is 2. The van der Waals surface area contributed by atoms with Crippen LogP contribution in [0.4, 0.5) is 0 Å². The Bertz CT molecular complexity index is 1960. The maximum absolute atomic E-state index is 13.6. The molecule has 10 heteroatoms. The lowest BCUT2D eigenvalue weighted by molar-refractivity contribution is 0.260. The van der Waals surface area contributed by atoms with Crippen molar-refractivity contribution < 1.29 is 20.1 Å². The summed E-state index contributed by atoms with van der Waals surface area (Å²) in [5.74, 6) is 0.486. The Morgan fingerprint density at radius 3 is 2.39 bits per heavy atom. The molecule has 3 aromatic heterocycles. The normalized spacial score (nSPS) is 11.0. The predicted octanol–water partition coefficient (Wildman–Crippen LogP) is 4.78. The number of benzene rings is 3. The highest BCUT2D eigenvalue weighted by molar-refractivity contribution is 6.01. The number of nitrogens with zero attached hydrogens (tertiary/aromatic N) is 4. The van der Waals surface area contributed by atoms with E-state index in [1.807, 2.05) is 24.3 Å². The van der Waals surface area contributed by atoms with Crippen molar-refractivity contribution >= 4 is 34.0 Å². The molecule has 0 saturated carbocycles. The van der Waals surface area contributed by atoms with Gasteiger partial charge in [0.2, 0.25) is 0 Å². The Kier molecular flexibility index (Phi) is 7.67. The first-order valence-electron chi connectivity index (χ1n) is 12.5. The quantitative estimate of drug-likeness (QED) is 0.262. The van der Waals surface area contributed by atoms with Crippen LogP contribution in [-0.2, 0) is 13.2 Å². The molecule has 0 radical (unpaired) electrons. The van der Waals surface area contributed by atoms with Crippen molar-refractivity contribution in [1.29, 1.82) is 0 Å². The molecule has 0 fully saturated rings. The molecule has 0 amide bonds. The van der Waals surface area contributed by atoms with Crippen LogP contribution in [0.15, 0.2) is 90.1 Å². The number of phenolic OH excluding ortho intramolecular Hbond substituents is 1. The van der Waals surface area contributed by atoms with Crippen LogP contribution in [0.25, 0.3) is 49.7 Å². The zero-order valence-corrected chi connectivity index (χ0v) is 22.7. The summed E-state index contributed by atoms with van der Waals surface area (Å²) in [5, 5.41) is 38.1. The van der Waals surface area contributed by atoms with Gasteiger partial charge in [0.25, 0.3) is 5.56 Å².